The lowest BCUT2D eigenvalue weighted by Crippen LogP contribution is -2.43. The van der Waals surface area contributed by atoms with E-state index < -0.39 is 0 Å². The van der Waals surface area contributed by atoms with Crippen LogP contribution in [0, 0.1) is 0 Å². The summed E-state index contributed by atoms with van der Waals surface area (Å²) in [4.78, 5) is 17.0. The predicted octanol–water partition coefficient (Wildman–Crippen LogP) is 4.25. The van der Waals surface area contributed by atoms with Gasteiger partial charge in [0, 0.05) is 43.3 Å². The third-order valence-corrected chi connectivity index (χ3v) is 8.62. The van der Waals surface area contributed by atoms with E-state index in [-0.39, 0.29) is 5.54 Å². The van der Waals surface area contributed by atoms with Gasteiger partial charge in [-0.3, -0.25) is 4.90 Å². The van der Waals surface area contributed by atoms with Crippen LogP contribution in [0.4, 0.5) is 11.5 Å². The van der Waals surface area contributed by atoms with Crippen molar-refractivity contribution in [3.8, 4) is 6.01 Å². The van der Waals surface area contributed by atoms with Gasteiger partial charge in [-0.2, -0.15) is 9.97 Å². The lowest BCUT2D eigenvalue weighted by molar-refractivity contribution is 0.107. The Morgan fingerprint density at radius 3 is 2.64 bits per heavy atom. The van der Waals surface area contributed by atoms with E-state index in [9.17, 15) is 0 Å². The summed E-state index contributed by atoms with van der Waals surface area (Å²) in [7, 11) is 2.06. The van der Waals surface area contributed by atoms with Crippen LogP contribution in [0.3, 0.4) is 0 Å². The van der Waals surface area contributed by atoms with E-state index in [4.69, 9.17) is 32.0 Å². The van der Waals surface area contributed by atoms with Crippen molar-refractivity contribution < 1.29 is 4.74 Å². The van der Waals surface area contributed by atoms with Crippen LogP contribution in [0.25, 0.3) is 10.8 Å². The van der Waals surface area contributed by atoms with Crippen molar-refractivity contribution in [3.05, 3.63) is 52.7 Å². The Labute approximate surface area is 218 Å². The maximum atomic E-state index is 6.66. The standard InChI is InChI=1S/C28H35ClN6O/c1-33(17-13-30)26-21-10-16-34(24-9-3-7-20-6-2-8-22(29)25(20)24)18-23(21)31-27(32-26)36-19-28-11-4-14-35(28)15-5-12-28/h2-3,6-9H,4-5,10-19,30H2,1H3. The van der Waals surface area contributed by atoms with Gasteiger partial charge in [0.05, 0.1) is 22.8 Å². The molecule has 2 aromatic carbocycles. The maximum absolute atomic E-state index is 6.66. The Morgan fingerprint density at radius 1 is 1.08 bits per heavy atom. The summed E-state index contributed by atoms with van der Waals surface area (Å²) >= 11 is 6.66. The molecule has 0 saturated carbocycles. The Balaban J connectivity index is 1.33. The molecular formula is C28H35ClN6O. The zero-order valence-corrected chi connectivity index (χ0v) is 21.8. The number of likely N-dealkylation sites (N-methyl/N-ethyl adjacent to an activating group) is 1. The molecule has 0 aliphatic carbocycles. The second kappa shape index (κ2) is 9.69. The van der Waals surface area contributed by atoms with E-state index in [1.165, 1.54) is 44.3 Å². The third kappa shape index (κ3) is 4.17. The summed E-state index contributed by atoms with van der Waals surface area (Å²) in [5, 5.41) is 3.02. The molecule has 190 valence electrons. The van der Waals surface area contributed by atoms with Gasteiger partial charge in [0.2, 0.25) is 0 Å². The Bertz CT molecular complexity index is 1250. The highest BCUT2D eigenvalue weighted by atomic mass is 35.5. The first-order valence-electron chi connectivity index (χ1n) is 13.2. The smallest absolute Gasteiger partial charge is 0.318 e. The minimum Gasteiger partial charge on any atom is -0.461 e. The maximum Gasteiger partial charge on any atom is 0.318 e. The number of hydrogen-bond acceptors (Lipinski definition) is 7. The van der Waals surface area contributed by atoms with E-state index >= 15 is 0 Å². The van der Waals surface area contributed by atoms with Crippen LogP contribution in [-0.2, 0) is 13.0 Å². The number of rotatable bonds is 7. The van der Waals surface area contributed by atoms with Crippen molar-refractivity contribution in [2.45, 2.75) is 44.2 Å². The fraction of sp³-hybridized carbons (Fsp3) is 0.500. The number of benzene rings is 2. The van der Waals surface area contributed by atoms with Crippen molar-refractivity contribution >= 4 is 33.9 Å². The van der Waals surface area contributed by atoms with Crippen LogP contribution < -0.4 is 20.3 Å². The number of nitrogens with two attached hydrogens (primary N) is 1. The number of hydrogen-bond donors (Lipinski definition) is 1. The Kier molecular flexibility index (Phi) is 6.40. The molecule has 3 aliphatic heterocycles. The number of aromatic nitrogens is 2. The van der Waals surface area contributed by atoms with Gasteiger partial charge >= 0.3 is 6.01 Å². The van der Waals surface area contributed by atoms with E-state index in [0.717, 1.165) is 52.5 Å². The molecule has 7 nitrogen and oxygen atoms in total. The highest BCUT2D eigenvalue weighted by molar-refractivity contribution is 6.36. The van der Waals surface area contributed by atoms with Crippen LogP contribution >= 0.6 is 11.6 Å². The monoisotopic (exact) mass is 506 g/mol. The molecule has 0 spiro atoms. The zero-order valence-electron chi connectivity index (χ0n) is 21.0. The highest BCUT2D eigenvalue weighted by Crippen LogP contribution is 2.40. The van der Waals surface area contributed by atoms with Crippen LogP contribution in [0.2, 0.25) is 5.02 Å². The van der Waals surface area contributed by atoms with Crippen molar-refractivity contribution in [3.63, 3.8) is 0 Å². The van der Waals surface area contributed by atoms with Gasteiger partial charge < -0.3 is 20.3 Å². The minimum absolute atomic E-state index is 0.161. The summed E-state index contributed by atoms with van der Waals surface area (Å²) in [6.45, 7) is 5.91. The first kappa shape index (κ1) is 23.8. The van der Waals surface area contributed by atoms with Gasteiger partial charge in [0.25, 0.3) is 0 Å². The van der Waals surface area contributed by atoms with Crippen LogP contribution in [0.15, 0.2) is 36.4 Å². The third-order valence-electron chi connectivity index (χ3n) is 8.30. The number of ether oxygens (including phenoxy) is 1. The second-order valence-corrected chi connectivity index (χ2v) is 10.9. The van der Waals surface area contributed by atoms with Crippen LogP contribution in [0.1, 0.15) is 36.9 Å². The molecule has 0 bridgehead atoms. The van der Waals surface area contributed by atoms with Crippen molar-refractivity contribution in [2.75, 3.05) is 56.2 Å². The molecule has 6 rings (SSSR count). The molecule has 3 aromatic rings. The number of anilines is 2. The first-order chi connectivity index (χ1) is 17.6. The molecule has 8 heteroatoms. The van der Waals surface area contributed by atoms with Crippen LogP contribution in [0.5, 0.6) is 6.01 Å². The fourth-order valence-corrected chi connectivity index (χ4v) is 6.75. The van der Waals surface area contributed by atoms with E-state index in [1.807, 2.05) is 12.1 Å². The lowest BCUT2D eigenvalue weighted by Gasteiger charge is -2.34. The van der Waals surface area contributed by atoms with Crippen molar-refractivity contribution in [1.82, 2.24) is 14.9 Å². The molecule has 0 unspecified atom stereocenters. The van der Waals surface area contributed by atoms with Gasteiger partial charge in [-0.05, 0) is 62.7 Å². The molecule has 2 fully saturated rings. The number of nitrogens with zero attached hydrogens (tertiary/aromatic N) is 5. The molecule has 3 aliphatic rings. The summed E-state index contributed by atoms with van der Waals surface area (Å²) in [6, 6.07) is 13.0. The highest BCUT2D eigenvalue weighted by Gasteiger charge is 2.45. The average molecular weight is 507 g/mol. The van der Waals surface area contributed by atoms with E-state index in [0.29, 0.717) is 25.7 Å². The molecule has 2 saturated heterocycles. The van der Waals surface area contributed by atoms with Gasteiger partial charge in [0.15, 0.2) is 0 Å². The zero-order chi connectivity index (χ0) is 24.7. The van der Waals surface area contributed by atoms with Crippen molar-refractivity contribution in [1.29, 1.82) is 0 Å². The van der Waals surface area contributed by atoms with E-state index in [2.05, 4.69) is 46.0 Å². The molecular weight excluding hydrogens is 472 g/mol. The molecule has 0 atom stereocenters. The van der Waals surface area contributed by atoms with Gasteiger partial charge in [-0.25, -0.2) is 0 Å². The largest absolute Gasteiger partial charge is 0.461 e. The van der Waals surface area contributed by atoms with Gasteiger partial charge in [-0.15, -0.1) is 0 Å². The quantitative estimate of drug-likeness (QED) is 0.513. The average Bonchev–Trinajstić information content (AvgIpc) is 3.47. The van der Waals surface area contributed by atoms with Crippen LogP contribution in [-0.4, -0.2) is 66.8 Å². The molecule has 2 N–H and O–H groups in total. The van der Waals surface area contributed by atoms with Crippen molar-refractivity contribution in [2.24, 2.45) is 5.73 Å². The normalized spacial score (nSPS) is 18.9. The molecule has 0 radical (unpaired) electrons. The molecule has 1 aromatic heterocycles. The summed E-state index contributed by atoms with van der Waals surface area (Å²) < 4.78 is 6.40. The summed E-state index contributed by atoms with van der Waals surface area (Å²) in [6.07, 6.45) is 5.77. The molecule has 36 heavy (non-hydrogen) atoms. The summed E-state index contributed by atoms with van der Waals surface area (Å²) in [5.41, 5.74) is 9.44. The first-order valence-corrected chi connectivity index (χ1v) is 13.6. The number of fused-ring (bicyclic) bond motifs is 3. The lowest BCUT2D eigenvalue weighted by atomic mass is 9.95. The van der Waals surface area contributed by atoms with Gasteiger partial charge in [-0.1, -0.05) is 35.9 Å². The summed E-state index contributed by atoms with van der Waals surface area (Å²) in [5.74, 6) is 0.947. The SMILES string of the molecule is CN(CCN)c1nc(OCC23CCCN2CCC3)nc2c1CCN(c1cccc3cccc(Cl)c13)C2. The fourth-order valence-electron chi connectivity index (χ4n) is 6.47. The second-order valence-electron chi connectivity index (χ2n) is 10.5. The Hall–Kier alpha value is -2.61. The van der Waals surface area contributed by atoms with Gasteiger partial charge in [0.1, 0.15) is 12.4 Å². The number of halogens is 1. The van der Waals surface area contributed by atoms with E-state index in [1.54, 1.807) is 0 Å². The minimum atomic E-state index is 0.161. The predicted molar refractivity (Wildman–Crippen MR) is 146 cm³/mol. The molecule has 0 amide bonds. The molecule has 4 heterocycles. The topological polar surface area (TPSA) is 70.7 Å². The Morgan fingerprint density at radius 2 is 1.86 bits per heavy atom.